The predicted octanol–water partition coefficient (Wildman–Crippen LogP) is 1.91. The fourth-order valence-electron chi connectivity index (χ4n) is 1.30. The maximum Gasteiger partial charge on any atom is 0.120 e. The van der Waals surface area contributed by atoms with E-state index in [0.717, 1.165) is 12.1 Å². The van der Waals surface area contributed by atoms with Gasteiger partial charge in [-0.3, -0.25) is 0 Å². The van der Waals surface area contributed by atoms with Crippen LogP contribution in [0.1, 0.15) is 19.5 Å². The first-order valence-corrected chi connectivity index (χ1v) is 5.08. The molecule has 0 aliphatic carbocycles. The normalized spacial score (nSPS) is 10.3. The van der Waals surface area contributed by atoms with Crippen LogP contribution in [0, 0.1) is 11.3 Å². The summed E-state index contributed by atoms with van der Waals surface area (Å²) < 4.78 is 1.91. The minimum Gasteiger partial charge on any atom is -0.335 e. The third kappa shape index (κ3) is 3.61. The van der Waals surface area contributed by atoms with Crippen molar-refractivity contribution >= 4 is 0 Å². The molecule has 0 saturated carbocycles. The summed E-state index contributed by atoms with van der Waals surface area (Å²) >= 11 is 0. The van der Waals surface area contributed by atoms with E-state index in [4.69, 9.17) is 5.26 Å². The largest absolute Gasteiger partial charge is 0.335 e. The number of nitriles is 1. The van der Waals surface area contributed by atoms with E-state index in [1.165, 1.54) is 0 Å². The first-order valence-electron chi connectivity index (χ1n) is 5.08. The lowest BCUT2D eigenvalue weighted by atomic mass is 10.2. The molecule has 0 spiro atoms. The van der Waals surface area contributed by atoms with E-state index in [-0.39, 0.29) is 0 Å². The van der Waals surface area contributed by atoms with Crippen molar-refractivity contribution in [2.45, 2.75) is 26.4 Å². The Hall–Kier alpha value is -1.53. The molecular weight excluding hydrogens is 186 g/mol. The van der Waals surface area contributed by atoms with E-state index in [0.29, 0.717) is 18.3 Å². The highest BCUT2D eigenvalue weighted by molar-refractivity contribution is 5.23. The second kappa shape index (κ2) is 5.38. The second-order valence-electron chi connectivity index (χ2n) is 3.92. The van der Waals surface area contributed by atoms with Crippen molar-refractivity contribution in [3.8, 4) is 6.07 Å². The van der Waals surface area contributed by atoms with Gasteiger partial charge >= 0.3 is 0 Å². The molecule has 0 unspecified atom stereocenters. The molecule has 1 aromatic rings. The van der Waals surface area contributed by atoms with Crippen molar-refractivity contribution in [1.29, 1.82) is 5.26 Å². The molecule has 1 N–H and O–H groups in total. The number of rotatable bonds is 5. The highest BCUT2D eigenvalue weighted by atomic mass is 15.0. The lowest BCUT2D eigenvalue weighted by molar-refractivity contribution is 0.603. The maximum absolute atomic E-state index is 8.82. The molecule has 0 saturated heterocycles. The highest BCUT2D eigenvalue weighted by Gasteiger charge is 2.01. The van der Waals surface area contributed by atoms with E-state index in [1.54, 1.807) is 0 Å². The van der Waals surface area contributed by atoms with Gasteiger partial charge in [-0.25, -0.2) is 0 Å². The number of hydrogen-bond donors (Lipinski definition) is 1. The van der Waals surface area contributed by atoms with Gasteiger partial charge in [0, 0.05) is 25.3 Å². The van der Waals surface area contributed by atoms with Gasteiger partial charge in [-0.1, -0.05) is 20.4 Å². The quantitative estimate of drug-likeness (QED) is 0.743. The molecule has 0 aromatic carbocycles. The number of nitrogens with one attached hydrogen (secondary N) is 1. The van der Waals surface area contributed by atoms with Crippen molar-refractivity contribution < 1.29 is 0 Å². The Bertz CT molecular complexity index is 368. The molecule has 0 radical (unpaired) electrons. The summed E-state index contributed by atoms with van der Waals surface area (Å²) in [5, 5.41) is 12.1. The van der Waals surface area contributed by atoms with Gasteiger partial charge in [-0.2, -0.15) is 5.26 Å². The van der Waals surface area contributed by atoms with Gasteiger partial charge in [0.05, 0.1) is 0 Å². The average molecular weight is 203 g/mol. The number of aromatic nitrogens is 1. The molecule has 15 heavy (non-hydrogen) atoms. The lowest BCUT2D eigenvalue weighted by Gasteiger charge is -2.11. The van der Waals surface area contributed by atoms with Gasteiger partial charge in [0.1, 0.15) is 11.8 Å². The van der Waals surface area contributed by atoms with Crippen molar-refractivity contribution in [3.63, 3.8) is 0 Å². The van der Waals surface area contributed by atoms with Crippen molar-refractivity contribution in [2.24, 2.45) is 0 Å². The summed E-state index contributed by atoms with van der Waals surface area (Å²) in [6.45, 7) is 9.68. The zero-order chi connectivity index (χ0) is 11.3. The van der Waals surface area contributed by atoms with E-state index in [2.05, 4.69) is 31.8 Å². The monoisotopic (exact) mass is 203 g/mol. The Labute approximate surface area is 91.0 Å². The summed E-state index contributed by atoms with van der Waals surface area (Å²) in [5.74, 6) is 0. The zero-order valence-corrected chi connectivity index (χ0v) is 9.33. The average Bonchev–Trinajstić information content (AvgIpc) is 2.62. The minimum absolute atomic E-state index is 0.460. The van der Waals surface area contributed by atoms with Gasteiger partial charge in [-0.05, 0) is 17.7 Å². The Balaban J connectivity index is 2.49. The van der Waals surface area contributed by atoms with E-state index in [1.807, 2.05) is 22.9 Å². The minimum atomic E-state index is 0.460. The Morgan fingerprint density at radius 1 is 1.67 bits per heavy atom. The lowest BCUT2D eigenvalue weighted by Crippen LogP contribution is -2.25. The van der Waals surface area contributed by atoms with E-state index >= 15 is 0 Å². The summed E-state index contributed by atoms with van der Waals surface area (Å²) in [7, 11) is 0. The molecule has 1 aromatic heterocycles. The summed E-state index contributed by atoms with van der Waals surface area (Å²) in [4.78, 5) is 0. The van der Waals surface area contributed by atoms with Crippen molar-refractivity contribution in [2.75, 3.05) is 6.54 Å². The van der Waals surface area contributed by atoms with Gasteiger partial charge in [0.25, 0.3) is 0 Å². The first-order chi connectivity index (χ1) is 7.13. The zero-order valence-electron chi connectivity index (χ0n) is 9.33. The van der Waals surface area contributed by atoms with E-state index < -0.39 is 0 Å². The van der Waals surface area contributed by atoms with Crippen LogP contribution in [-0.4, -0.2) is 17.2 Å². The number of hydrogen-bond acceptors (Lipinski definition) is 2. The molecule has 0 atom stereocenters. The summed E-state index contributed by atoms with van der Waals surface area (Å²) in [5.41, 5.74) is 1.76. The fourth-order valence-corrected chi connectivity index (χ4v) is 1.30. The van der Waals surface area contributed by atoms with Crippen LogP contribution in [0.5, 0.6) is 0 Å². The van der Waals surface area contributed by atoms with Gasteiger partial charge in [-0.15, -0.1) is 0 Å². The summed E-state index contributed by atoms with van der Waals surface area (Å²) in [6.07, 6.45) is 1.90. The molecule has 80 valence electrons. The third-order valence-electron chi connectivity index (χ3n) is 2.10. The Morgan fingerprint density at radius 2 is 2.40 bits per heavy atom. The Kier molecular flexibility index (Phi) is 4.14. The molecule has 0 bridgehead atoms. The summed E-state index contributed by atoms with van der Waals surface area (Å²) in [6, 6.07) is 6.29. The molecule has 0 fully saturated rings. The first kappa shape index (κ1) is 11.5. The van der Waals surface area contributed by atoms with Gasteiger partial charge < -0.3 is 9.88 Å². The van der Waals surface area contributed by atoms with Crippen LogP contribution >= 0.6 is 0 Å². The molecular formula is C12H17N3. The smallest absolute Gasteiger partial charge is 0.120 e. The van der Waals surface area contributed by atoms with Crippen molar-refractivity contribution in [1.82, 2.24) is 9.88 Å². The molecule has 0 aliphatic heterocycles. The van der Waals surface area contributed by atoms with Crippen LogP contribution in [0.15, 0.2) is 30.5 Å². The molecule has 3 nitrogen and oxygen atoms in total. The standard InChI is InChI=1S/C12H17N3/c1-10(2)14-8-11(3)9-15-6-4-5-12(15)7-13/h4-6,10,14H,3,8-9H2,1-2H3. The highest BCUT2D eigenvalue weighted by Crippen LogP contribution is 2.03. The van der Waals surface area contributed by atoms with Crippen LogP contribution in [0.4, 0.5) is 0 Å². The topological polar surface area (TPSA) is 40.8 Å². The number of nitrogens with zero attached hydrogens (tertiary/aromatic N) is 2. The second-order valence-corrected chi connectivity index (χ2v) is 3.92. The fraction of sp³-hybridized carbons (Fsp3) is 0.417. The van der Waals surface area contributed by atoms with Crippen LogP contribution in [0.3, 0.4) is 0 Å². The van der Waals surface area contributed by atoms with Gasteiger partial charge in [0.15, 0.2) is 0 Å². The molecule has 0 aliphatic rings. The van der Waals surface area contributed by atoms with Crippen LogP contribution in [0.25, 0.3) is 0 Å². The molecule has 3 heteroatoms. The van der Waals surface area contributed by atoms with E-state index in [9.17, 15) is 0 Å². The van der Waals surface area contributed by atoms with Crippen molar-refractivity contribution in [3.05, 3.63) is 36.2 Å². The maximum atomic E-state index is 8.82. The SMILES string of the molecule is C=C(CNC(C)C)Cn1cccc1C#N. The molecule has 1 rings (SSSR count). The van der Waals surface area contributed by atoms with Crippen LogP contribution < -0.4 is 5.32 Å². The predicted molar refractivity (Wildman–Crippen MR) is 61.4 cm³/mol. The molecule has 1 heterocycles. The van der Waals surface area contributed by atoms with Gasteiger partial charge in [0.2, 0.25) is 0 Å². The Morgan fingerprint density at radius 3 is 3.00 bits per heavy atom. The third-order valence-corrected chi connectivity index (χ3v) is 2.10. The van der Waals surface area contributed by atoms with Crippen LogP contribution in [-0.2, 0) is 6.54 Å². The molecule has 0 amide bonds. The van der Waals surface area contributed by atoms with Crippen LogP contribution in [0.2, 0.25) is 0 Å².